The van der Waals surface area contributed by atoms with Crippen molar-refractivity contribution in [3.8, 4) is 0 Å². The van der Waals surface area contributed by atoms with Crippen LogP contribution >= 0.6 is 0 Å². The van der Waals surface area contributed by atoms with E-state index in [1.165, 1.54) is 0 Å². The van der Waals surface area contributed by atoms with Crippen LogP contribution in [0.5, 0.6) is 0 Å². The number of nitrogens with one attached hydrogen (secondary N) is 1. The van der Waals surface area contributed by atoms with Crippen LogP contribution in [0.2, 0.25) is 0 Å². The molecule has 1 nitrogen and oxygen atoms in total. The summed E-state index contributed by atoms with van der Waals surface area (Å²) < 4.78 is 77.8. The van der Waals surface area contributed by atoms with Gasteiger partial charge in [0.25, 0.3) is 0 Å². The average molecular weight is 317 g/mol. The summed E-state index contributed by atoms with van der Waals surface area (Å²) in [4.78, 5) is 0. The molecule has 0 saturated carbocycles. The fourth-order valence-electron chi connectivity index (χ4n) is 2.65. The first kappa shape index (κ1) is 18.3. The molecule has 0 aliphatic heterocycles. The maximum atomic E-state index is 13.0. The first-order chi connectivity index (χ1) is 9.68. The lowest BCUT2D eigenvalue weighted by atomic mass is 9.88. The van der Waals surface area contributed by atoms with Crippen LogP contribution in [0.4, 0.5) is 26.3 Å². The minimum Gasteiger partial charge on any atom is -0.309 e. The lowest BCUT2D eigenvalue weighted by Crippen LogP contribution is -2.52. The first-order valence-electron chi connectivity index (χ1n) is 7.23. The van der Waals surface area contributed by atoms with E-state index >= 15 is 0 Å². The Morgan fingerprint density at radius 2 is 1.67 bits per heavy atom. The fourth-order valence-corrected chi connectivity index (χ4v) is 2.65. The predicted molar refractivity (Wildman–Crippen MR) is 68.8 cm³/mol. The molecule has 1 atom stereocenters. The zero-order valence-corrected chi connectivity index (χ0v) is 11.9. The standard InChI is InChI=1S/C14H21F6N/c1-2-9-21-11(10-7-5-3-4-6-8-10)12(13(15,16)17)14(18,19)20/h7,11-12,21H,2-6,8-9H2,1H3. The van der Waals surface area contributed by atoms with E-state index in [4.69, 9.17) is 0 Å². The van der Waals surface area contributed by atoms with Crippen LogP contribution in [-0.4, -0.2) is 24.9 Å². The van der Waals surface area contributed by atoms with Gasteiger partial charge in [-0.3, -0.25) is 0 Å². The van der Waals surface area contributed by atoms with E-state index in [0.29, 0.717) is 25.7 Å². The molecule has 0 aromatic rings. The van der Waals surface area contributed by atoms with Gasteiger partial charge in [-0.1, -0.05) is 25.0 Å². The van der Waals surface area contributed by atoms with Crippen LogP contribution in [0.15, 0.2) is 11.6 Å². The molecule has 0 bridgehead atoms. The molecule has 0 aromatic carbocycles. The van der Waals surface area contributed by atoms with Crippen LogP contribution in [0.3, 0.4) is 0 Å². The molecule has 1 rings (SSSR count). The van der Waals surface area contributed by atoms with E-state index in [1.54, 1.807) is 13.0 Å². The highest BCUT2D eigenvalue weighted by Gasteiger charge is 2.60. The molecule has 0 aromatic heterocycles. The Kier molecular flexibility index (Phi) is 6.56. The molecule has 1 N–H and O–H groups in total. The third kappa shape index (κ3) is 5.52. The molecule has 0 amide bonds. The second kappa shape index (κ2) is 7.51. The van der Waals surface area contributed by atoms with Crippen molar-refractivity contribution >= 4 is 0 Å². The fraction of sp³-hybridized carbons (Fsp3) is 0.857. The van der Waals surface area contributed by atoms with Gasteiger partial charge in [0.2, 0.25) is 0 Å². The second-order valence-electron chi connectivity index (χ2n) is 5.37. The average Bonchev–Trinajstić information content (AvgIpc) is 2.59. The predicted octanol–water partition coefficient (Wildman–Crippen LogP) is 4.99. The molecule has 7 heteroatoms. The van der Waals surface area contributed by atoms with Crippen LogP contribution in [-0.2, 0) is 0 Å². The maximum absolute atomic E-state index is 13.0. The van der Waals surface area contributed by atoms with Crippen molar-refractivity contribution in [1.29, 1.82) is 0 Å². The Morgan fingerprint density at radius 1 is 1.05 bits per heavy atom. The van der Waals surface area contributed by atoms with Gasteiger partial charge in [-0.25, -0.2) is 0 Å². The van der Waals surface area contributed by atoms with E-state index in [1.807, 2.05) is 0 Å². The van der Waals surface area contributed by atoms with Gasteiger partial charge in [-0.2, -0.15) is 26.3 Å². The van der Waals surface area contributed by atoms with E-state index in [0.717, 1.165) is 12.8 Å². The number of hydrogen-bond donors (Lipinski definition) is 1. The Hall–Kier alpha value is -0.720. The molecule has 0 saturated heterocycles. The van der Waals surface area contributed by atoms with Gasteiger partial charge in [-0.15, -0.1) is 0 Å². The summed E-state index contributed by atoms with van der Waals surface area (Å²) in [6, 6.07) is -1.71. The van der Waals surface area contributed by atoms with E-state index in [-0.39, 0.29) is 12.1 Å². The summed E-state index contributed by atoms with van der Waals surface area (Å²) in [5.41, 5.74) is 0.251. The van der Waals surface area contributed by atoms with Gasteiger partial charge < -0.3 is 5.32 Å². The van der Waals surface area contributed by atoms with Gasteiger partial charge in [0.05, 0.1) is 0 Å². The SMILES string of the molecule is CCCNC(C1=CCCCCC1)C(C(F)(F)F)C(F)(F)F. The zero-order valence-electron chi connectivity index (χ0n) is 11.9. The summed E-state index contributed by atoms with van der Waals surface area (Å²) in [5.74, 6) is -3.35. The van der Waals surface area contributed by atoms with Crippen molar-refractivity contribution in [2.24, 2.45) is 5.92 Å². The Morgan fingerprint density at radius 3 is 2.19 bits per heavy atom. The minimum absolute atomic E-state index is 0.130. The molecular formula is C14H21F6N. The van der Waals surface area contributed by atoms with Crippen molar-refractivity contribution in [3.05, 3.63) is 11.6 Å². The third-order valence-corrected chi connectivity index (χ3v) is 3.63. The number of alkyl halides is 6. The van der Waals surface area contributed by atoms with Crippen LogP contribution in [0.1, 0.15) is 45.4 Å². The molecule has 124 valence electrons. The highest BCUT2D eigenvalue weighted by Crippen LogP contribution is 2.44. The largest absolute Gasteiger partial charge is 0.402 e. The topological polar surface area (TPSA) is 12.0 Å². The van der Waals surface area contributed by atoms with Gasteiger partial charge in [0.15, 0.2) is 5.92 Å². The van der Waals surface area contributed by atoms with Gasteiger partial charge in [-0.05, 0) is 38.6 Å². The normalized spacial score (nSPS) is 19.3. The molecule has 0 spiro atoms. The van der Waals surface area contributed by atoms with E-state index < -0.39 is 24.3 Å². The van der Waals surface area contributed by atoms with Crippen LogP contribution < -0.4 is 5.32 Å². The van der Waals surface area contributed by atoms with Gasteiger partial charge in [0, 0.05) is 6.04 Å². The van der Waals surface area contributed by atoms with Crippen LogP contribution in [0, 0.1) is 5.92 Å². The van der Waals surface area contributed by atoms with Crippen LogP contribution in [0.25, 0.3) is 0 Å². The smallest absolute Gasteiger partial charge is 0.309 e. The maximum Gasteiger partial charge on any atom is 0.402 e. The summed E-state index contributed by atoms with van der Waals surface area (Å²) >= 11 is 0. The molecular weight excluding hydrogens is 296 g/mol. The lowest BCUT2D eigenvalue weighted by Gasteiger charge is -2.33. The zero-order chi connectivity index (χ0) is 16.1. The summed E-state index contributed by atoms with van der Waals surface area (Å²) in [6.07, 6.45) is -5.45. The van der Waals surface area contributed by atoms with Crippen molar-refractivity contribution < 1.29 is 26.3 Å². The summed E-state index contributed by atoms with van der Waals surface area (Å²) in [6.45, 7) is 1.84. The monoisotopic (exact) mass is 317 g/mol. The molecule has 21 heavy (non-hydrogen) atoms. The van der Waals surface area contributed by atoms with Gasteiger partial charge in [0.1, 0.15) is 0 Å². The Labute approximate surface area is 120 Å². The van der Waals surface area contributed by atoms with E-state index in [2.05, 4.69) is 5.32 Å². The summed E-state index contributed by atoms with van der Waals surface area (Å²) in [5, 5.41) is 2.47. The number of allylic oxidation sites excluding steroid dienone is 1. The second-order valence-corrected chi connectivity index (χ2v) is 5.37. The summed E-state index contributed by atoms with van der Waals surface area (Å²) in [7, 11) is 0. The minimum atomic E-state index is -5.31. The number of hydrogen-bond acceptors (Lipinski definition) is 1. The molecule has 0 heterocycles. The number of rotatable bonds is 5. The third-order valence-electron chi connectivity index (χ3n) is 3.63. The van der Waals surface area contributed by atoms with E-state index in [9.17, 15) is 26.3 Å². The Bertz CT molecular complexity index is 330. The quantitative estimate of drug-likeness (QED) is 0.556. The molecule has 1 unspecified atom stereocenters. The highest BCUT2D eigenvalue weighted by molar-refractivity contribution is 5.16. The highest BCUT2D eigenvalue weighted by atomic mass is 19.4. The van der Waals surface area contributed by atoms with Gasteiger partial charge >= 0.3 is 12.4 Å². The lowest BCUT2D eigenvalue weighted by molar-refractivity contribution is -0.289. The number of halogens is 6. The van der Waals surface area contributed by atoms with Crippen molar-refractivity contribution in [2.75, 3.05) is 6.54 Å². The van der Waals surface area contributed by atoms with Crippen molar-refractivity contribution in [2.45, 2.75) is 63.8 Å². The first-order valence-corrected chi connectivity index (χ1v) is 7.23. The Balaban J connectivity index is 3.10. The molecule has 0 radical (unpaired) electrons. The van der Waals surface area contributed by atoms with Crippen molar-refractivity contribution in [3.63, 3.8) is 0 Å². The molecule has 1 aliphatic carbocycles. The molecule has 1 aliphatic rings. The molecule has 0 fully saturated rings. The van der Waals surface area contributed by atoms with Crippen molar-refractivity contribution in [1.82, 2.24) is 5.32 Å².